The maximum absolute atomic E-state index is 9.59. The van der Waals surface area contributed by atoms with Crippen LogP contribution in [-0.2, 0) is 4.74 Å². The number of aliphatic hydroxyl groups is 1. The number of thiophene rings is 1. The Hall–Kier alpha value is -0.0900. The Morgan fingerprint density at radius 2 is 2.46 bits per heavy atom. The number of hydrogen-bond acceptors (Lipinski definition) is 3. The topological polar surface area (TPSA) is 29.5 Å². The van der Waals surface area contributed by atoms with Crippen LogP contribution in [0.25, 0.3) is 0 Å². The van der Waals surface area contributed by atoms with Gasteiger partial charge in [0.1, 0.15) is 6.10 Å². The van der Waals surface area contributed by atoms with Crippen LogP contribution < -0.4 is 0 Å². The lowest BCUT2D eigenvalue weighted by molar-refractivity contribution is 0.0382. The van der Waals surface area contributed by atoms with E-state index < -0.39 is 6.10 Å². The first-order valence-corrected chi connectivity index (χ1v) is 5.49. The van der Waals surface area contributed by atoms with Gasteiger partial charge in [0, 0.05) is 16.9 Å². The summed E-state index contributed by atoms with van der Waals surface area (Å²) in [5, 5.41) is 12.1. The lowest BCUT2D eigenvalue weighted by Gasteiger charge is -2.07. The molecule has 0 saturated heterocycles. The van der Waals surface area contributed by atoms with Crippen molar-refractivity contribution in [3.8, 4) is 0 Å². The molecule has 0 amide bonds. The van der Waals surface area contributed by atoms with Crippen molar-refractivity contribution in [2.24, 2.45) is 0 Å². The average molecular weight is 221 g/mol. The Labute approximate surface area is 87.1 Å². The van der Waals surface area contributed by atoms with E-state index in [4.69, 9.17) is 16.3 Å². The third-order valence-corrected chi connectivity index (χ3v) is 2.92. The molecule has 1 atom stereocenters. The van der Waals surface area contributed by atoms with E-state index in [0.717, 1.165) is 11.3 Å². The molecular formula is C9H13ClO2S. The Balaban J connectivity index is 2.35. The van der Waals surface area contributed by atoms with Gasteiger partial charge in [-0.2, -0.15) is 0 Å². The highest BCUT2D eigenvalue weighted by Gasteiger charge is 2.09. The molecule has 0 spiro atoms. The predicted octanol–water partition coefficient (Wildman–Crippen LogP) is 2.86. The highest BCUT2D eigenvalue weighted by atomic mass is 35.5. The molecule has 0 saturated carbocycles. The van der Waals surface area contributed by atoms with Crippen LogP contribution in [0.15, 0.2) is 11.4 Å². The number of rotatable bonds is 5. The minimum Gasteiger partial charge on any atom is -0.385 e. The zero-order valence-electron chi connectivity index (χ0n) is 7.50. The number of ether oxygens (including phenoxy) is 1. The lowest BCUT2D eigenvalue weighted by Crippen LogP contribution is -2.06. The fourth-order valence-corrected chi connectivity index (χ4v) is 1.98. The Kier molecular flexibility index (Phi) is 4.73. The summed E-state index contributed by atoms with van der Waals surface area (Å²) in [7, 11) is 0. The smallest absolute Gasteiger partial charge is 0.111 e. The van der Waals surface area contributed by atoms with Gasteiger partial charge in [-0.1, -0.05) is 18.5 Å². The summed E-state index contributed by atoms with van der Waals surface area (Å²) in [6.07, 6.45) is 0.432. The van der Waals surface area contributed by atoms with Crippen LogP contribution >= 0.6 is 22.9 Å². The minimum atomic E-state index is -0.538. The lowest BCUT2D eigenvalue weighted by atomic mass is 10.3. The van der Waals surface area contributed by atoms with Gasteiger partial charge in [-0.25, -0.2) is 0 Å². The number of aliphatic hydroxyl groups excluding tert-OH is 1. The number of halogens is 1. The molecule has 1 heterocycles. The zero-order chi connectivity index (χ0) is 9.68. The second-order valence-corrected chi connectivity index (χ2v) is 4.14. The van der Waals surface area contributed by atoms with E-state index in [9.17, 15) is 5.11 Å². The van der Waals surface area contributed by atoms with Crippen molar-refractivity contribution in [1.29, 1.82) is 0 Å². The molecule has 1 N–H and O–H groups in total. The quantitative estimate of drug-likeness (QED) is 0.774. The monoisotopic (exact) mass is 220 g/mol. The molecule has 1 aromatic heterocycles. The van der Waals surface area contributed by atoms with E-state index in [1.165, 1.54) is 11.3 Å². The van der Waals surface area contributed by atoms with E-state index in [1.54, 1.807) is 11.4 Å². The van der Waals surface area contributed by atoms with E-state index in [-0.39, 0.29) is 0 Å². The van der Waals surface area contributed by atoms with Gasteiger partial charge in [0.25, 0.3) is 0 Å². The summed E-state index contributed by atoms with van der Waals surface area (Å²) < 4.78 is 5.22. The summed E-state index contributed by atoms with van der Waals surface area (Å²) in [4.78, 5) is 0.862. The highest BCUT2D eigenvalue weighted by molar-refractivity contribution is 7.10. The average Bonchev–Trinajstić information content (AvgIpc) is 2.52. The van der Waals surface area contributed by atoms with Crippen LogP contribution in [0.4, 0.5) is 0 Å². The molecule has 0 radical (unpaired) electrons. The van der Waals surface area contributed by atoms with Crippen LogP contribution in [0.3, 0.4) is 0 Å². The fourth-order valence-electron chi connectivity index (χ4n) is 0.924. The largest absolute Gasteiger partial charge is 0.385 e. The molecule has 0 aliphatic rings. The Bertz CT molecular complexity index is 250. The first kappa shape index (κ1) is 11.0. The summed E-state index contributed by atoms with van der Waals surface area (Å²) in [5.74, 6) is 0. The summed E-state index contributed by atoms with van der Waals surface area (Å²) in [5.41, 5.74) is 0. The van der Waals surface area contributed by atoms with Gasteiger partial charge >= 0.3 is 0 Å². The van der Waals surface area contributed by atoms with Gasteiger partial charge in [-0.3, -0.25) is 0 Å². The van der Waals surface area contributed by atoms with E-state index in [1.807, 2.05) is 6.92 Å². The molecule has 0 aliphatic carbocycles. The third kappa shape index (κ3) is 3.65. The van der Waals surface area contributed by atoms with Crippen molar-refractivity contribution in [3.63, 3.8) is 0 Å². The van der Waals surface area contributed by atoms with Crippen molar-refractivity contribution in [2.75, 3.05) is 13.2 Å². The van der Waals surface area contributed by atoms with Crippen LogP contribution in [0, 0.1) is 0 Å². The SMILES string of the molecule is CCCOCC(O)c1cc(Cl)cs1. The maximum Gasteiger partial charge on any atom is 0.111 e. The van der Waals surface area contributed by atoms with Crippen LogP contribution in [-0.4, -0.2) is 18.3 Å². The summed E-state index contributed by atoms with van der Waals surface area (Å²) in [6, 6.07) is 1.77. The zero-order valence-corrected chi connectivity index (χ0v) is 9.07. The first-order chi connectivity index (χ1) is 6.24. The molecule has 1 unspecified atom stereocenters. The highest BCUT2D eigenvalue weighted by Crippen LogP contribution is 2.25. The first-order valence-electron chi connectivity index (χ1n) is 4.23. The summed E-state index contributed by atoms with van der Waals surface area (Å²) in [6.45, 7) is 3.08. The second kappa shape index (κ2) is 5.60. The van der Waals surface area contributed by atoms with E-state index in [0.29, 0.717) is 18.2 Å². The minimum absolute atomic E-state index is 0.352. The van der Waals surface area contributed by atoms with Gasteiger partial charge in [0.15, 0.2) is 0 Å². The predicted molar refractivity (Wildman–Crippen MR) is 55.4 cm³/mol. The molecule has 74 valence electrons. The van der Waals surface area contributed by atoms with Gasteiger partial charge in [-0.15, -0.1) is 11.3 Å². The molecule has 13 heavy (non-hydrogen) atoms. The van der Waals surface area contributed by atoms with Crippen LogP contribution in [0.2, 0.25) is 5.02 Å². The molecular weight excluding hydrogens is 208 g/mol. The van der Waals surface area contributed by atoms with Gasteiger partial charge in [-0.05, 0) is 12.5 Å². The fraction of sp³-hybridized carbons (Fsp3) is 0.556. The van der Waals surface area contributed by atoms with E-state index in [2.05, 4.69) is 0 Å². The molecule has 0 aliphatic heterocycles. The maximum atomic E-state index is 9.59. The van der Waals surface area contributed by atoms with Crippen molar-refractivity contribution in [2.45, 2.75) is 19.4 Å². The van der Waals surface area contributed by atoms with Gasteiger partial charge in [0.2, 0.25) is 0 Å². The second-order valence-electron chi connectivity index (χ2n) is 2.76. The molecule has 1 aromatic rings. The Morgan fingerprint density at radius 1 is 1.69 bits per heavy atom. The standard InChI is InChI=1S/C9H13ClO2S/c1-2-3-12-5-8(11)9-4-7(10)6-13-9/h4,6,8,11H,2-3,5H2,1H3. The van der Waals surface area contributed by atoms with Crippen molar-refractivity contribution in [3.05, 3.63) is 21.3 Å². The van der Waals surface area contributed by atoms with E-state index >= 15 is 0 Å². The van der Waals surface area contributed by atoms with Crippen molar-refractivity contribution in [1.82, 2.24) is 0 Å². The molecule has 2 nitrogen and oxygen atoms in total. The van der Waals surface area contributed by atoms with Gasteiger partial charge in [0.05, 0.1) is 11.6 Å². The van der Waals surface area contributed by atoms with Gasteiger partial charge < -0.3 is 9.84 Å². The van der Waals surface area contributed by atoms with Crippen molar-refractivity contribution >= 4 is 22.9 Å². The Morgan fingerprint density at radius 3 is 3.00 bits per heavy atom. The van der Waals surface area contributed by atoms with Crippen LogP contribution in [0.5, 0.6) is 0 Å². The van der Waals surface area contributed by atoms with Crippen molar-refractivity contribution < 1.29 is 9.84 Å². The molecule has 4 heteroatoms. The number of hydrogen-bond donors (Lipinski definition) is 1. The molecule has 1 rings (SSSR count). The molecule has 0 bridgehead atoms. The molecule has 0 fully saturated rings. The summed E-state index contributed by atoms with van der Waals surface area (Å²) >= 11 is 7.18. The molecule has 0 aromatic carbocycles. The van der Waals surface area contributed by atoms with Crippen LogP contribution in [0.1, 0.15) is 24.3 Å². The normalized spacial score (nSPS) is 13.2. The third-order valence-electron chi connectivity index (χ3n) is 1.54.